The second kappa shape index (κ2) is 9.20. The molecule has 1 saturated carbocycles. The van der Waals surface area contributed by atoms with Crippen LogP contribution < -0.4 is 10.9 Å². The van der Waals surface area contributed by atoms with Crippen molar-refractivity contribution in [3.8, 4) is 0 Å². The molecule has 1 aliphatic carbocycles. The Morgan fingerprint density at radius 3 is 2.83 bits per heavy atom. The Labute approximate surface area is 170 Å². The van der Waals surface area contributed by atoms with Gasteiger partial charge in [-0.2, -0.15) is 0 Å². The van der Waals surface area contributed by atoms with Crippen LogP contribution in [0.3, 0.4) is 0 Å². The number of carbonyl (C=O) groups excluding carboxylic acids is 2. The standard InChI is InChI=1S/C22H29N3O4/c1-13-7-6-10-17(14(13)2)24-21(27)15(3)29-20(26)12-11-19-23-18-9-5-4-8-16(18)22(28)25-19/h4-5,8-9,13-15,17H,6-7,10-12H2,1-3H3,(H,24,27)(H,23,25,28)/t13-,14+,15+,17-/m0/s1. The molecular formula is C22H29N3O4. The van der Waals surface area contributed by atoms with Gasteiger partial charge in [0, 0.05) is 12.5 Å². The number of nitrogens with one attached hydrogen (secondary N) is 2. The topological polar surface area (TPSA) is 101 Å². The summed E-state index contributed by atoms with van der Waals surface area (Å²) in [6, 6.07) is 7.16. The number of hydrogen-bond acceptors (Lipinski definition) is 5. The molecule has 1 aromatic carbocycles. The summed E-state index contributed by atoms with van der Waals surface area (Å²) in [6.45, 7) is 5.95. The molecule has 1 heterocycles. The van der Waals surface area contributed by atoms with E-state index in [-0.39, 0.29) is 30.3 Å². The molecule has 0 bridgehead atoms. The molecule has 2 N–H and O–H groups in total. The molecule has 1 fully saturated rings. The molecule has 1 aliphatic rings. The van der Waals surface area contributed by atoms with Gasteiger partial charge in [0.05, 0.1) is 17.3 Å². The van der Waals surface area contributed by atoms with E-state index in [1.807, 2.05) is 0 Å². The molecule has 0 radical (unpaired) electrons. The van der Waals surface area contributed by atoms with Crippen molar-refractivity contribution < 1.29 is 14.3 Å². The van der Waals surface area contributed by atoms with Gasteiger partial charge in [0.15, 0.2) is 6.10 Å². The van der Waals surface area contributed by atoms with Crippen LogP contribution in [0.15, 0.2) is 29.1 Å². The van der Waals surface area contributed by atoms with Crippen molar-refractivity contribution in [3.63, 3.8) is 0 Å². The molecule has 7 heteroatoms. The third-order valence-electron chi connectivity index (χ3n) is 5.94. The maximum Gasteiger partial charge on any atom is 0.307 e. The Kier molecular flexibility index (Phi) is 6.67. The first-order valence-electron chi connectivity index (χ1n) is 10.3. The van der Waals surface area contributed by atoms with E-state index >= 15 is 0 Å². The smallest absolute Gasteiger partial charge is 0.307 e. The monoisotopic (exact) mass is 399 g/mol. The van der Waals surface area contributed by atoms with Gasteiger partial charge >= 0.3 is 5.97 Å². The van der Waals surface area contributed by atoms with Crippen LogP contribution in [-0.2, 0) is 20.7 Å². The maximum atomic E-state index is 12.4. The zero-order chi connectivity index (χ0) is 21.0. The van der Waals surface area contributed by atoms with Crippen molar-refractivity contribution in [2.24, 2.45) is 11.8 Å². The van der Waals surface area contributed by atoms with Crippen molar-refractivity contribution in [2.75, 3.05) is 0 Å². The largest absolute Gasteiger partial charge is 0.453 e. The summed E-state index contributed by atoms with van der Waals surface area (Å²) in [7, 11) is 0. The van der Waals surface area contributed by atoms with E-state index in [0.717, 1.165) is 12.8 Å². The minimum atomic E-state index is -0.851. The van der Waals surface area contributed by atoms with E-state index in [9.17, 15) is 14.4 Å². The number of aromatic nitrogens is 2. The van der Waals surface area contributed by atoms with E-state index in [2.05, 4.69) is 29.1 Å². The molecular weight excluding hydrogens is 370 g/mol. The van der Waals surface area contributed by atoms with Gasteiger partial charge in [-0.3, -0.25) is 14.4 Å². The van der Waals surface area contributed by atoms with Crippen LogP contribution in [0.25, 0.3) is 10.9 Å². The van der Waals surface area contributed by atoms with E-state index in [0.29, 0.717) is 28.6 Å². The predicted molar refractivity (Wildman–Crippen MR) is 110 cm³/mol. The van der Waals surface area contributed by atoms with Crippen molar-refractivity contribution in [1.82, 2.24) is 15.3 Å². The number of aromatic amines is 1. The predicted octanol–water partition coefficient (Wildman–Crippen LogP) is 2.73. The van der Waals surface area contributed by atoms with Gasteiger partial charge in [-0.15, -0.1) is 0 Å². The highest BCUT2D eigenvalue weighted by molar-refractivity contribution is 5.83. The molecule has 0 aliphatic heterocycles. The van der Waals surface area contributed by atoms with Crippen LogP contribution in [0, 0.1) is 11.8 Å². The fraction of sp³-hybridized carbons (Fsp3) is 0.545. The third-order valence-corrected chi connectivity index (χ3v) is 5.94. The number of rotatable bonds is 6. The molecule has 29 heavy (non-hydrogen) atoms. The molecule has 1 amide bonds. The first-order chi connectivity index (χ1) is 13.8. The number of amides is 1. The number of benzene rings is 1. The molecule has 7 nitrogen and oxygen atoms in total. The Hall–Kier alpha value is -2.70. The Balaban J connectivity index is 1.51. The Morgan fingerprint density at radius 2 is 2.03 bits per heavy atom. The Morgan fingerprint density at radius 1 is 1.28 bits per heavy atom. The van der Waals surface area contributed by atoms with Crippen LogP contribution in [-0.4, -0.2) is 34.0 Å². The molecule has 4 atom stereocenters. The first-order valence-corrected chi connectivity index (χ1v) is 10.3. The number of ether oxygens (including phenoxy) is 1. The SMILES string of the molecule is C[C@H]1[C@@H](NC(=O)[C@@H](C)OC(=O)CCc2nc3ccccc3c(=O)[nH]2)CCC[C@@H]1C. The van der Waals surface area contributed by atoms with Crippen LogP contribution in [0.2, 0.25) is 0 Å². The highest BCUT2D eigenvalue weighted by Crippen LogP contribution is 2.29. The molecule has 0 saturated heterocycles. The number of fused-ring (bicyclic) bond motifs is 1. The van der Waals surface area contributed by atoms with Gasteiger partial charge in [-0.25, -0.2) is 4.98 Å². The second-order valence-electron chi connectivity index (χ2n) is 8.04. The van der Waals surface area contributed by atoms with E-state index in [1.54, 1.807) is 31.2 Å². The average Bonchev–Trinajstić information content (AvgIpc) is 2.70. The van der Waals surface area contributed by atoms with E-state index < -0.39 is 12.1 Å². The van der Waals surface area contributed by atoms with Gasteiger partial charge in [0.2, 0.25) is 0 Å². The van der Waals surface area contributed by atoms with Crippen molar-refractivity contribution in [2.45, 2.75) is 65.0 Å². The summed E-state index contributed by atoms with van der Waals surface area (Å²) in [6.07, 6.45) is 2.67. The minimum absolute atomic E-state index is 0.0375. The number of nitrogens with zero attached hydrogens (tertiary/aromatic N) is 1. The summed E-state index contributed by atoms with van der Waals surface area (Å²) in [5.74, 6) is 0.651. The quantitative estimate of drug-likeness (QED) is 0.728. The van der Waals surface area contributed by atoms with Crippen molar-refractivity contribution in [1.29, 1.82) is 0 Å². The zero-order valence-electron chi connectivity index (χ0n) is 17.2. The Bertz CT molecular complexity index is 939. The van der Waals surface area contributed by atoms with E-state index in [1.165, 1.54) is 6.42 Å². The first kappa shape index (κ1) is 21.0. The molecule has 3 rings (SSSR count). The van der Waals surface area contributed by atoms with Crippen LogP contribution >= 0.6 is 0 Å². The summed E-state index contributed by atoms with van der Waals surface area (Å²) in [5.41, 5.74) is 0.353. The number of hydrogen-bond donors (Lipinski definition) is 2. The van der Waals surface area contributed by atoms with Crippen molar-refractivity contribution >= 4 is 22.8 Å². The molecule has 156 valence electrons. The van der Waals surface area contributed by atoms with Gasteiger partial charge < -0.3 is 15.0 Å². The summed E-state index contributed by atoms with van der Waals surface area (Å²) in [4.78, 5) is 43.7. The van der Waals surface area contributed by atoms with Gasteiger partial charge in [0.1, 0.15) is 5.82 Å². The number of H-pyrrole nitrogens is 1. The number of para-hydroxylation sites is 1. The van der Waals surface area contributed by atoms with Crippen LogP contribution in [0.4, 0.5) is 0 Å². The summed E-state index contributed by atoms with van der Waals surface area (Å²) >= 11 is 0. The van der Waals surface area contributed by atoms with Crippen LogP contribution in [0.5, 0.6) is 0 Å². The lowest BCUT2D eigenvalue weighted by Crippen LogP contribution is -2.47. The van der Waals surface area contributed by atoms with Crippen LogP contribution in [0.1, 0.15) is 52.3 Å². The summed E-state index contributed by atoms with van der Waals surface area (Å²) in [5, 5.41) is 3.54. The lowest BCUT2D eigenvalue weighted by atomic mass is 9.78. The lowest BCUT2D eigenvalue weighted by Gasteiger charge is -2.35. The van der Waals surface area contributed by atoms with Gasteiger partial charge in [0.25, 0.3) is 11.5 Å². The maximum absolute atomic E-state index is 12.4. The summed E-state index contributed by atoms with van der Waals surface area (Å²) < 4.78 is 5.28. The van der Waals surface area contributed by atoms with Gasteiger partial charge in [-0.05, 0) is 37.3 Å². The number of aryl methyl sites for hydroxylation is 1. The molecule has 1 aromatic heterocycles. The molecule has 0 spiro atoms. The zero-order valence-corrected chi connectivity index (χ0v) is 17.2. The number of carbonyl (C=O) groups is 2. The molecule has 2 aromatic rings. The average molecular weight is 399 g/mol. The number of esters is 1. The van der Waals surface area contributed by atoms with Gasteiger partial charge in [-0.1, -0.05) is 38.8 Å². The highest BCUT2D eigenvalue weighted by Gasteiger charge is 2.30. The van der Waals surface area contributed by atoms with Crippen molar-refractivity contribution in [3.05, 3.63) is 40.4 Å². The second-order valence-corrected chi connectivity index (χ2v) is 8.04. The lowest BCUT2D eigenvalue weighted by molar-refractivity contribution is -0.155. The molecule has 0 unspecified atom stereocenters. The fourth-order valence-electron chi connectivity index (χ4n) is 3.87. The highest BCUT2D eigenvalue weighted by atomic mass is 16.5. The third kappa shape index (κ3) is 5.22. The normalized spacial score (nSPS) is 22.8. The van der Waals surface area contributed by atoms with E-state index in [4.69, 9.17) is 4.74 Å². The minimum Gasteiger partial charge on any atom is -0.453 e. The fourth-order valence-corrected chi connectivity index (χ4v) is 3.87.